The number of fused-ring (bicyclic) bond motifs is 1. The molecule has 1 aliphatic rings. The molecule has 0 saturated carbocycles. The Kier molecular flexibility index (Phi) is 4.48. The van der Waals surface area contributed by atoms with E-state index >= 15 is 0 Å². The summed E-state index contributed by atoms with van der Waals surface area (Å²) in [5.41, 5.74) is 9.12. The molecule has 25 heavy (non-hydrogen) atoms. The Morgan fingerprint density at radius 1 is 1.12 bits per heavy atom. The zero-order valence-electron chi connectivity index (χ0n) is 13.7. The summed E-state index contributed by atoms with van der Waals surface area (Å²) in [5.74, 6) is 0.855. The molecular weight excluding hydrogens is 336 g/mol. The van der Waals surface area contributed by atoms with E-state index in [-0.39, 0.29) is 0 Å². The molecule has 3 aromatic rings. The summed E-state index contributed by atoms with van der Waals surface area (Å²) in [6.07, 6.45) is 3.42. The SMILES string of the molecule is NCc1cncc(-c2ccc3nc(N4CCNCC4)c(Cl)cc3c2)n1. The third-order valence-electron chi connectivity index (χ3n) is 4.36. The molecule has 0 amide bonds. The lowest BCUT2D eigenvalue weighted by atomic mass is 10.1. The second kappa shape index (κ2) is 6.92. The number of pyridine rings is 1. The maximum atomic E-state index is 6.51. The summed E-state index contributed by atoms with van der Waals surface area (Å²) in [6, 6.07) is 8.03. The van der Waals surface area contributed by atoms with Crippen molar-refractivity contribution >= 4 is 28.3 Å². The van der Waals surface area contributed by atoms with Gasteiger partial charge in [0.05, 0.1) is 28.1 Å². The topological polar surface area (TPSA) is 80.0 Å². The fourth-order valence-corrected chi connectivity index (χ4v) is 3.32. The van der Waals surface area contributed by atoms with E-state index in [9.17, 15) is 0 Å². The lowest BCUT2D eigenvalue weighted by molar-refractivity contribution is 0.585. The van der Waals surface area contributed by atoms with Crippen LogP contribution in [0.3, 0.4) is 0 Å². The van der Waals surface area contributed by atoms with Crippen molar-refractivity contribution in [3.05, 3.63) is 47.4 Å². The first-order valence-electron chi connectivity index (χ1n) is 8.32. The summed E-state index contributed by atoms with van der Waals surface area (Å²) < 4.78 is 0. The number of nitrogens with zero attached hydrogens (tertiary/aromatic N) is 4. The van der Waals surface area contributed by atoms with Crippen LogP contribution in [0, 0.1) is 0 Å². The number of nitrogens with one attached hydrogen (secondary N) is 1. The molecule has 0 spiro atoms. The van der Waals surface area contributed by atoms with Crippen LogP contribution in [0.2, 0.25) is 5.02 Å². The lowest BCUT2D eigenvalue weighted by Crippen LogP contribution is -2.44. The van der Waals surface area contributed by atoms with Crippen LogP contribution in [0.15, 0.2) is 36.7 Å². The second-order valence-electron chi connectivity index (χ2n) is 6.04. The van der Waals surface area contributed by atoms with Gasteiger partial charge in [-0.15, -0.1) is 0 Å². The van der Waals surface area contributed by atoms with Gasteiger partial charge in [0.25, 0.3) is 0 Å². The molecular formula is C18H19ClN6. The quantitative estimate of drug-likeness (QED) is 0.750. The van der Waals surface area contributed by atoms with Gasteiger partial charge in [-0.3, -0.25) is 4.98 Å². The Labute approximate surface area is 151 Å². The van der Waals surface area contributed by atoms with Gasteiger partial charge in [0, 0.05) is 49.9 Å². The Hall–Kier alpha value is -2.28. The summed E-state index contributed by atoms with van der Waals surface area (Å²) in [4.78, 5) is 15.7. The van der Waals surface area contributed by atoms with E-state index in [1.165, 1.54) is 0 Å². The van der Waals surface area contributed by atoms with Crippen molar-refractivity contribution in [1.82, 2.24) is 20.3 Å². The Bertz CT molecular complexity index is 907. The molecule has 128 valence electrons. The molecule has 2 aromatic heterocycles. The summed E-state index contributed by atoms with van der Waals surface area (Å²) in [7, 11) is 0. The standard InChI is InChI=1S/C18H19ClN6/c19-15-8-13-7-12(17-11-22-10-14(9-20)23-17)1-2-16(13)24-18(15)25-5-3-21-4-6-25/h1-2,7-8,10-11,21H,3-6,9,20H2. The number of hydrogen-bond acceptors (Lipinski definition) is 6. The zero-order valence-corrected chi connectivity index (χ0v) is 14.5. The normalized spacial score (nSPS) is 14.9. The van der Waals surface area contributed by atoms with E-state index < -0.39 is 0 Å². The number of halogens is 1. The van der Waals surface area contributed by atoms with E-state index in [0.717, 1.165) is 59.9 Å². The van der Waals surface area contributed by atoms with Crippen molar-refractivity contribution in [3.63, 3.8) is 0 Å². The smallest absolute Gasteiger partial charge is 0.148 e. The molecule has 7 heteroatoms. The van der Waals surface area contributed by atoms with Gasteiger partial charge >= 0.3 is 0 Å². The van der Waals surface area contributed by atoms with Crippen LogP contribution in [-0.4, -0.2) is 41.1 Å². The van der Waals surface area contributed by atoms with Gasteiger partial charge in [-0.1, -0.05) is 17.7 Å². The van der Waals surface area contributed by atoms with Crippen LogP contribution in [0.5, 0.6) is 0 Å². The van der Waals surface area contributed by atoms with Gasteiger partial charge in [-0.2, -0.15) is 0 Å². The molecule has 0 aliphatic carbocycles. The van der Waals surface area contributed by atoms with Gasteiger partial charge < -0.3 is 16.0 Å². The van der Waals surface area contributed by atoms with Crippen LogP contribution in [0.1, 0.15) is 5.69 Å². The number of rotatable bonds is 3. The average Bonchev–Trinajstić information content (AvgIpc) is 2.67. The Morgan fingerprint density at radius 3 is 2.76 bits per heavy atom. The third-order valence-corrected chi connectivity index (χ3v) is 4.63. The number of benzene rings is 1. The first kappa shape index (κ1) is 16.2. The fraction of sp³-hybridized carbons (Fsp3) is 0.278. The van der Waals surface area contributed by atoms with Crippen molar-refractivity contribution < 1.29 is 0 Å². The highest BCUT2D eigenvalue weighted by molar-refractivity contribution is 6.33. The summed E-state index contributed by atoms with van der Waals surface area (Å²) in [5, 5.41) is 5.00. The molecule has 1 aromatic carbocycles. The molecule has 1 saturated heterocycles. The largest absolute Gasteiger partial charge is 0.353 e. The van der Waals surface area contributed by atoms with Crippen molar-refractivity contribution in [2.45, 2.75) is 6.54 Å². The van der Waals surface area contributed by atoms with Gasteiger partial charge in [-0.05, 0) is 18.2 Å². The molecule has 0 bridgehead atoms. The first-order chi connectivity index (χ1) is 12.2. The van der Waals surface area contributed by atoms with Gasteiger partial charge in [-0.25, -0.2) is 9.97 Å². The minimum atomic E-state index is 0.371. The Morgan fingerprint density at radius 2 is 1.96 bits per heavy atom. The minimum absolute atomic E-state index is 0.371. The number of anilines is 1. The van der Waals surface area contributed by atoms with Crippen LogP contribution in [0.4, 0.5) is 5.82 Å². The molecule has 3 heterocycles. The maximum Gasteiger partial charge on any atom is 0.148 e. The predicted molar refractivity (Wildman–Crippen MR) is 101 cm³/mol. The first-order valence-corrected chi connectivity index (χ1v) is 8.70. The van der Waals surface area contributed by atoms with E-state index in [0.29, 0.717) is 11.6 Å². The molecule has 4 rings (SSSR count). The number of hydrogen-bond donors (Lipinski definition) is 2. The van der Waals surface area contributed by atoms with Gasteiger partial charge in [0.15, 0.2) is 0 Å². The molecule has 0 atom stereocenters. The van der Waals surface area contributed by atoms with Crippen LogP contribution in [0.25, 0.3) is 22.2 Å². The molecule has 1 aliphatic heterocycles. The average molecular weight is 355 g/mol. The van der Waals surface area contributed by atoms with Crippen molar-refractivity contribution in [2.75, 3.05) is 31.1 Å². The van der Waals surface area contributed by atoms with E-state index in [1.54, 1.807) is 12.4 Å². The molecule has 0 radical (unpaired) electrons. The monoisotopic (exact) mass is 354 g/mol. The Balaban J connectivity index is 1.73. The van der Waals surface area contributed by atoms with Gasteiger partial charge in [0.1, 0.15) is 5.82 Å². The fourth-order valence-electron chi connectivity index (χ4n) is 3.04. The van der Waals surface area contributed by atoms with E-state index in [1.807, 2.05) is 24.3 Å². The molecule has 0 unspecified atom stereocenters. The van der Waals surface area contributed by atoms with E-state index in [4.69, 9.17) is 22.3 Å². The second-order valence-corrected chi connectivity index (χ2v) is 6.45. The van der Waals surface area contributed by atoms with Crippen LogP contribution in [-0.2, 0) is 6.54 Å². The van der Waals surface area contributed by atoms with Gasteiger partial charge in [0.2, 0.25) is 0 Å². The molecule has 6 nitrogen and oxygen atoms in total. The summed E-state index contributed by atoms with van der Waals surface area (Å²) in [6.45, 7) is 4.10. The molecule has 1 fully saturated rings. The highest BCUT2D eigenvalue weighted by Gasteiger charge is 2.16. The number of aromatic nitrogens is 3. The third kappa shape index (κ3) is 3.28. The maximum absolute atomic E-state index is 6.51. The lowest BCUT2D eigenvalue weighted by Gasteiger charge is -2.29. The van der Waals surface area contributed by atoms with Crippen LogP contribution >= 0.6 is 11.6 Å². The minimum Gasteiger partial charge on any atom is -0.353 e. The van der Waals surface area contributed by atoms with Crippen molar-refractivity contribution in [3.8, 4) is 11.3 Å². The highest BCUT2D eigenvalue weighted by Crippen LogP contribution is 2.30. The van der Waals surface area contributed by atoms with Crippen molar-refractivity contribution in [1.29, 1.82) is 0 Å². The number of nitrogens with two attached hydrogens (primary N) is 1. The van der Waals surface area contributed by atoms with Crippen molar-refractivity contribution in [2.24, 2.45) is 5.73 Å². The number of piperazine rings is 1. The van der Waals surface area contributed by atoms with E-state index in [2.05, 4.69) is 20.2 Å². The highest BCUT2D eigenvalue weighted by atomic mass is 35.5. The molecule has 3 N–H and O–H groups in total. The predicted octanol–water partition coefficient (Wildman–Crippen LogP) is 2.21. The van der Waals surface area contributed by atoms with Crippen LogP contribution < -0.4 is 16.0 Å². The summed E-state index contributed by atoms with van der Waals surface area (Å²) >= 11 is 6.51. The zero-order chi connectivity index (χ0) is 17.2.